The minimum Gasteiger partial charge on any atom is -0.486 e. The van der Waals surface area contributed by atoms with Crippen LogP contribution in [0.2, 0.25) is 0 Å². The second kappa shape index (κ2) is 8.38. The molecule has 1 saturated heterocycles. The predicted octanol–water partition coefficient (Wildman–Crippen LogP) is 2.62. The van der Waals surface area contributed by atoms with Crippen LogP contribution < -0.4 is 10.1 Å². The number of ether oxygens (including phenoxy) is 2. The molecular weight excluding hydrogens is 332 g/mol. The summed E-state index contributed by atoms with van der Waals surface area (Å²) in [5.41, 5.74) is 0.800. The molecule has 0 saturated carbocycles. The summed E-state index contributed by atoms with van der Waals surface area (Å²) >= 11 is 0. The lowest BCUT2D eigenvalue weighted by molar-refractivity contribution is 0.0506. The molecule has 6 heteroatoms. The van der Waals surface area contributed by atoms with Crippen molar-refractivity contribution in [3.63, 3.8) is 0 Å². The van der Waals surface area contributed by atoms with Crippen molar-refractivity contribution in [2.45, 2.75) is 32.6 Å². The Morgan fingerprint density at radius 2 is 2.08 bits per heavy atom. The van der Waals surface area contributed by atoms with E-state index in [-0.39, 0.29) is 24.7 Å². The molecule has 1 aromatic carbocycles. The topological polar surface area (TPSA) is 63.9 Å². The van der Waals surface area contributed by atoms with Gasteiger partial charge >= 0.3 is 0 Å². The molecule has 0 unspecified atom stereocenters. The monoisotopic (exact) mass is 358 g/mol. The molecule has 1 fully saturated rings. The van der Waals surface area contributed by atoms with Gasteiger partial charge in [-0.3, -0.25) is 4.79 Å². The first-order valence-electron chi connectivity index (χ1n) is 8.95. The third-order valence-electron chi connectivity index (χ3n) is 4.45. The zero-order valence-electron chi connectivity index (χ0n) is 15.5. The van der Waals surface area contributed by atoms with E-state index in [4.69, 9.17) is 13.9 Å². The number of furan rings is 1. The normalized spacial score (nSPS) is 20.3. The highest BCUT2D eigenvalue weighted by Crippen LogP contribution is 2.19. The number of likely N-dealkylation sites (N-methyl/N-ethyl adjacent to an activating group) is 1. The number of carbonyl (C=O) groups excluding carboxylic acids is 1. The molecule has 2 atom stereocenters. The number of para-hydroxylation sites is 1. The Balaban J connectivity index is 1.61. The molecule has 140 valence electrons. The molecule has 0 bridgehead atoms. The van der Waals surface area contributed by atoms with Crippen LogP contribution in [0.5, 0.6) is 5.75 Å². The fourth-order valence-electron chi connectivity index (χ4n) is 3.23. The number of nitrogens with one attached hydrogen (secondary N) is 1. The minimum atomic E-state index is -0.210. The fourth-order valence-corrected chi connectivity index (χ4v) is 3.23. The van der Waals surface area contributed by atoms with Gasteiger partial charge in [0.1, 0.15) is 18.1 Å². The summed E-state index contributed by atoms with van der Waals surface area (Å²) in [6.45, 7) is 6.32. The van der Waals surface area contributed by atoms with Crippen LogP contribution in [0.1, 0.15) is 28.8 Å². The van der Waals surface area contributed by atoms with Gasteiger partial charge in [0.2, 0.25) is 0 Å². The second-order valence-electron chi connectivity index (χ2n) is 6.62. The van der Waals surface area contributed by atoms with Crippen LogP contribution in [0, 0.1) is 6.92 Å². The Morgan fingerprint density at radius 1 is 1.31 bits per heavy atom. The summed E-state index contributed by atoms with van der Waals surface area (Å²) in [5.74, 6) is 1.52. The second-order valence-corrected chi connectivity index (χ2v) is 6.62. The van der Waals surface area contributed by atoms with E-state index in [1.807, 2.05) is 57.3 Å². The molecule has 0 aliphatic carbocycles. The quantitative estimate of drug-likeness (QED) is 0.824. The van der Waals surface area contributed by atoms with Crippen molar-refractivity contribution >= 4 is 5.91 Å². The number of likely N-dealkylation sites (tertiary alicyclic amines) is 1. The van der Waals surface area contributed by atoms with E-state index in [9.17, 15) is 4.79 Å². The third-order valence-corrected chi connectivity index (χ3v) is 4.45. The molecule has 2 heterocycles. The van der Waals surface area contributed by atoms with Gasteiger partial charge in [-0.1, -0.05) is 18.2 Å². The average Bonchev–Trinajstić information content (AvgIpc) is 3.16. The van der Waals surface area contributed by atoms with Crippen LogP contribution in [0.3, 0.4) is 0 Å². The lowest BCUT2D eigenvalue weighted by Gasteiger charge is -2.19. The van der Waals surface area contributed by atoms with Gasteiger partial charge in [0.15, 0.2) is 5.76 Å². The first-order valence-corrected chi connectivity index (χ1v) is 8.95. The zero-order chi connectivity index (χ0) is 18.5. The molecule has 0 radical (unpaired) electrons. The number of hydrogen-bond donors (Lipinski definition) is 1. The van der Waals surface area contributed by atoms with Crippen LogP contribution in [0.15, 0.2) is 40.8 Å². The van der Waals surface area contributed by atoms with E-state index in [0.717, 1.165) is 24.4 Å². The van der Waals surface area contributed by atoms with Gasteiger partial charge in [-0.15, -0.1) is 0 Å². The number of amides is 1. The highest BCUT2D eigenvalue weighted by atomic mass is 16.5. The highest BCUT2D eigenvalue weighted by molar-refractivity contribution is 5.93. The smallest absolute Gasteiger partial charge is 0.287 e. The largest absolute Gasteiger partial charge is 0.486 e. The molecule has 1 aromatic heterocycles. The summed E-state index contributed by atoms with van der Waals surface area (Å²) in [5, 5.41) is 3.05. The molecule has 3 rings (SSSR count). The van der Waals surface area contributed by atoms with Crippen molar-refractivity contribution in [3.05, 3.63) is 53.5 Å². The van der Waals surface area contributed by atoms with Gasteiger partial charge in [-0.2, -0.15) is 0 Å². The number of rotatable bonds is 7. The Bertz CT molecular complexity index is 729. The lowest BCUT2D eigenvalue weighted by Crippen LogP contribution is -2.44. The van der Waals surface area contributed by atoms with Crippen molar-refractivity contribution in [2.24, 2.45) is 0 Å². The molecule has 1 amide bonds. The maximum atomic E-state index is 12.6. The van der Waals surface area contributed by atoms with Crippen molar-refractivity contribution < 1.29 is 18.7 Å². The standard InChI is InChI=1S/C20H26N2O4/c1-4-24-18-12-22(3)11-17(18)21-20(23)19-14(2)10-16(26-19)13-25-15-8-6-5-7-9-15/h5-10,17-18H,4,11-13H2,1-3H3,(H,21,23)/t17-,18-/m0/s1. The first kappa shape index (κ1) is 18.5. The third kappa shape index (κ3) is 4.45. The van der Waals surface area contributed by atoms with Gasteiger partial charge in [0.25, 0.3) is 5.91 Å². The molecule has 0 spiro atoms. The van der Waals surface area contributed by atoms with Crippen LogP contribution in [0.25, 0.3) is 0 Å². The first-order chi connectivity index (χ1) is 12.6. The molecule has 1 N–H and O–H groups in total. The molecular formula is C20H26N2O4. The van der Waals surface area contributed by atoms with Gasteiger partial charge < -0.3 is 24.1 Å². The van der Waals surface area contributed by atoms with Crippen LogP contribution in [-0.2, 0) is 11.3 Å². The number of carbonyl (C=O) groups is 1. The highest BCUT2D eigenvalue weighted by Gasteiger charge is 2.33. The van der Waals surface area contributed by atoms with Crippen molar-refractivity contribution in [1.29, 1.82) is 0 Å². The SMILES string of the molecule is CCO[C@H]1CN(C)C[C@@H]1NC(=O)c1oc(COc2ccccc2)cc1C. The molecule has 1 aliphatic rings. The van der Waals surface area contributed by atoms with Crippen LogP contribution in [0.4, 0.5) is 0 Å². The van der Waals surface area contributed by atoms with Crippen molar-refractivity contribution in [3.8, 4) is 5.75 Å². The average molecular weight is 358 g/mol. The van der Waals surface area contributed by atoms with E-state index in [1.165, 1.54) is 0 Å². The van der Waals surface area contributed by atoms with Crippen molar-refractivity contribution in [1.82, 2.24) is 10.2 Å². The summed E-state index contributed by atoms with van der Waals surface area (Å²) in [6.07, 6.45) is 0.00472. The number of hydrogen-bond acceptors (Lipinski definition) is 5. The van der Waals surface area contributed by atoms with E-state index in [2.05, 4.69) is 10.2 Å². The van der Waals surface area contributed by atoms with Crippen molar-refractivity contribution in [2.75, 3.05) is 26.7 Å². The molecule has 6 nitrogen and oxygen atoms in total. The van der Waals surface area contributed by atoms with Gasteiger partial charge in [-0.25, -0.2) is 0 Å². The maximum absolute atomic E-state index is 12.6. The van der Waals surface area contributed by atoms with Gasteiger partial charge in [0.05, 0.1) is 12.1 Å². The van der Waals surface area contributed by atoms with E-state index in [0.29, 0.717) is 18.1 Å². The number of nitrogens with zero attached hydrogens (tertiary/aromatic N) is 1. The Hall–Kier alpha value is -2.31. The molecule has 26 heavy (non-hydrogen) atoms. The fraction of sp³-hybridized carbons (Fsp3) is 0.450. The summed E-state index contributed by atoms with van der Waals surface area (Å²) in [6, 6.07) is 11.3. The molecule has 2 aromatic rings. The Morgan fingerprint density at radius 3 is 2.81 bits per heavy atom. The number of aryl methyl sites for hydroxylation is 1. The maximum Gasteiger partial charge on any atom is 0.287 e. The van der Waals surface area contributed by atoms with Crippen LogP contribution in [-0.4, -0.2) is 49.7 Å². The predicted molar refractivity (Wildman–Crippen MR) is 98.4 cm³/mol. The number of benzene rings is 1. The van der Waals surface area contributed by atoms with E-state index < -0.39 is 0 Å². The summed E-state index contributed by atoms with van der Waals surface area (Å²) in [4.78, 5) is 14.8. The molecule has 1 aliphatic heterocycles. The Labute approximate surface area is 154 Å². The minimum absolute atomic E-state index is 0.00472. The van der Waals surface area contributed by atoms with E-state index >= 15 is 0 Å². The zero-order valence-corrected chi connectivity index (χ0v) is 15.5. The van der Waals surface area contributed by atoms with Gasteiger partial charge in [-0.05, 0) is 39.1 Å². The summed E-state index contributed by atoms with van der Waals surface area (Å²) < 4.78 is 17.2. The Kier molecular flexibility index (Phi) is 5.96. The lowest BCUT2D eigenvalue weighted by atomic mass is 10.2. The van der Waals surface area contributed by atoms with Gasteiger partial charge in [0, 0.05) is 25.3 Å². The van der Waals surface area contributed by atoms with E-state index in [1.54, 1.807) is 0 Å². The van der Waals surface area contributed by atoms with Crippen LogP contribution >= 0.6 is 0 Å². The summed E-state index contributed by atoms with van der Waals surface area (Å²) in [7, 11) is 2.02.